The van der Waals surface area contributed by atoms with E-state index < -0.39 is 11.7 Å². The number of aryl methyl sites for hydroxylation is 1. The molecule has 2 rings (SSSR count). The molecule has 0 aliphatic rings. The summed E-state index contributed by atoms with van der Waals surface area (Å²) in [7, 11) is 1.34. The fourth-order valence-electron chi connectivity index (χ4n) is 1.69. The van der Waals surface area contributed by atoms with Crippen molar-refractivity contribution in [2.75, 3.05) is 7.11 Å². The van der Waals surface area contributed by atoms with Gasteiger partial charge < -0.3 is 14.9 Å². The predicted molar refractivity (Wildman–Crippen MR) is 84.7 cm³/mol. The second kappa shape index (κ2) is 7.38. The van der Waals surface area contributed by atoms with Crippen LogP contribution in [0.15, 0.2) is 22.2 Å². The first-order valence-electron chi connectivity index (χ1n) is 6.53. The van der Waals surface area contributed by atoms with Crippen molar-refractivity contribution < 1.29 is 19.7 Å². The zero-order chi connectivity index (χ0) is 17.0. The SMILES string of the molecule is CCc1nc(S/C(=C/c2cc(Cl)c([O-])c(OC)c2)C(=O)O)n[nH]1. The van der Waals surface area contributed by atoms with Crippen LogP contribution >= 0.6 is 23.4 Å². The number of carbonyl (C=O) groups is 1. The number of hydrogen-bond acceptors (Lipinski definition) is 6. The highest BCUT2D eigenvalue weighted by molar-refractivity contribution is 8.04. The molecule has 1 heterocycles. The zero-order valence-corrected chi connectivity index (χ0v) is 13.9. The van der Waals surface area contributed by atoms with Crippen LogP contribution in [0.1, 0.15) is 18.3 Å². The smallest absolute Gasteiger partial charge is 0.342 e. The minimum Gasteiger partial charge on any atom is -0.869 e. The molecule has 7 nitrogen and oxygen atoms in total. The van der Waals surface area contributed by atoms with E-state index in [1.165, 1.54) is 25.3 Å². The Morgan fingerprint density at radius 2 is 2.30 bits per heavy atom. The number of rotatable bonds is 6. The molecule has 0 saturated heterocycles. The van der Waals surface area contributed by atoms with Gasteiger partial charge in [-0.25, -0.2) is 9.78 Å². The van der Waals surface area contributed by atoms with E-state index in [2.05, 4.69) is 15.2 Å². The Balaban J connectivity index is 2.35. The van der Waals surface area contributed by atoms with Crippen LogP contribution < -0.4 is 9.84 Å². The van der Waals surface area contributed by atoms with Crippen molar-refractivity contribution in [3.8, 4) is 11.5 Å². The highest BCUT2D eigenvalue weighted by atomic mass is 35.5. The number of carboxylic acids is 1. The number of nitrogens with zero attached hydrogens (tertiary/aromatic N) is 2. The molecule has 122 valence electrons. The number of H-pyrrole nitrogens is 1. The summed E-state index contributed by atoms with van der Waals surface area (Å²) in [6.45, 7) is 1.90. The second-order valence-electron chi connectivity index (χ2n) is 4.37. The lowest BCUT2D eigenvalue weighted by atomic mass is 10.2. The number of aromatic nitrogens is 3. The van der Waals surface area contributed by atoms with Crippen LogP contribution in [0.4, 0.5) is 0 Å². The molecule has 0 amide bonds. The summed E-state index contributed by atoms with van der Waals surface area (Å²) < 4.78 is 4.93. The van der Waals surface area contributed by atoms with Gasteiger partial charge in [-0.2, -0.15) is 0 Å². The third-order valence-corrected chi connectivity index (χ3v) is 3.97. The summed E-state index contributed by atoms with van der Waals surface area (Å²) in [5.74, 6) is -0.876. The summed E-state index contributed by atoms with van der Waals surface area (Å²) in [5.41, 5.74) is 0.433. The van der Waals surface area contributed by atoms with E-state index in [1.54, 1.807) is 0 Å². The van der Waals surface area contributed by atoms with Gasteiger partial charge in [0.2, 0.25) is 5.16 Å². The van der Waals surface area contributed by atoms with Crippen molar-refractivity contribution in [2.45, 2.75) is 18.5 Å². The molecule has 0 fully saturated rings. The number of aromatic amines is 1. The van der Waals surface area contributed by atoms with E-state index in [9.17, 15) is 15.0 Å². The standard InChI is InChI=1S/C14H14ClN3O4S/c1-3-11-16-14(18-17-11)23-10(13(20)21)6-7-4-8(15)12(19)9(5-7)22-2/h4-6,19H,3H2,1-2H3,(H,20,21)(H,16,17,18)/p-1/b10-6+. The minimum absolute atomic E-state index is 0.0107. The number of aliphatic carboxylic acids is 1. The van der Waals surface area contributed by atoms with Crippen molar-refractivity contribution >= 4 is 35.4 Å². The van der Waals surface area contributed by atoms with Crippen LogP contribution in [0.2, 0.25) is 5.02 Å². The number of ether oxygens (including phenoxy) is 1. The lowest BCUT2D eigenvalue weighted by Gasteiger charge is -2.15. The van der Waals surface area contributed by atoms with Crippen LogP contribution in [0.3, 0.4) is 0 Å². The monoisotopic (exact) mass is 354 g/mol. The van der Waals surface area contributed by atoms with Crippen molar-refractivity contribution in [2.24, 2.45) is 0 Å². The fourth-order valence-corrected chi connectivity index (χ4v) is 2.63. The first-order chi connectivity index (χ1) is 10.9. The summed E-state index contributed by atoms with van der Waals surface area (Å²) in [6.07, 6.45) is 2.04. The molecule has 1 aromatic carbocycles. The molecule has 0 atom stereocenters. The van der Waals surface area contributed by atoms with Gasteiger partial charge in [-0.3, -0.25) is 5.10 Å². The van der Waals surface area contributed by atoms with Crippen LogP contribution in [-0.4, -0.2) is 33.4 Å². The van der Waals surface area contributed by atoms with Gasteiger partial charge in [-0.1, -0.05) is 18.5 Å². The molecule has 23 heavy (non-hydrogen) atoms. The summed E-state index contributed by atoms with van der Waals surface area (Å²) >= 11 is 6.73. The average molecular weight is 355 g/mol. The van der Waals surface area contributed by atoms with Gasteiger partial charge in [0, 0.05) is 11.4 Å². The molecule has 0 radical (unpaired) electrons. The number of thioether (sulfide) groups is 1. The number of carboxylic acid groups (broad SMARTS) is 1. The Bertz CT molecular complexity index is 760. The molecule has 0 aliphatic carbocycles. The van der Waals surface area contributed by atoms with Gasteiger partial charge in [0.25, 0.3) is 0 Å². The van der Waals surface area contributed by atoms with Crippen LogP contribution in [0, 0.1) is 0 Å². The van der Waals surface area contributed by atoms with Gasteiger partial charge in [0.1, 0.15) is 16.5 Å². The lowest BCUT2D eigenvalue weighted by molar-refractivity contribution is -0.269. The Kier molecular flexibility index (Phi) is 5.51. The van der Waals surface area contributed by atoms with E-state index in [0.717, 1.165) is 11.8 Å². The van der Waals surface area contributed by atoms with Gasteiger partial charge >= 0.3 is 5.97 Å². The Morgan fingerprint density at radius 1 is 1.57 bits per heavy atom. The maximum Gasteiger partial charge on any atom is 0.342 e. The average Bonchev–Trinajstić information content (AvgIpc) is 2.97. The number of benzene rings is 1. The van der Waals surface area contributed by atoms with Crippen LogP contribution in [-0.2, 0) is 11.2 Å². The molecule has 9 heteroatoms. The Labute approximate surface area is 141 Å². The molecule has 0 aliphatic heterocycles. The van der Waals surface area contributed by atoms with Gasteiger partial charge in [-0.15, -0.1) is 5.10 Å². The zero-order valence-electron chi connectivity index (χ0n) is 12.3. The lowest BCUT2D eigenvalue weighted by Crippen LogP contribution is -1.99. The normalized spacial score (nSPS) is 11.5. The predicted octanol–water partition coefficient (Wildman–Crippen LogP) is 2.32. The fraction of sp³-hybridized carbons (Fsp3) is 0.214. The first-order valence-corrected chi connectivity index (χ1v) is 7.72. The van der Waals surface area contributed by atoms with Gasteiger partial charge in [0.05, 0.1) is 7.11 Å². The van der Waals surface area contributed by atoms with Crippen molar-refractivity contribution in [1.29, 1.82) is 0 Å². The maximum absolute atomic E-state index is 11.7. The number of nitrogens with one attached hydrogen (secondary N) is 1. The third kappa shape index (κ3) is 4.17. The molecular weight excluding hydrogens is 342 g/mol. The number of halogens is 1. The molecular formula is C14H13ClN3O4S-. The topological polar surface area (TPSA) is 111 Å². The van der Waals surface area contributed by atoms with Crippen molar-refractivity contribution in [1.82, 2.24) is 15.2 Å². The highest BCUT2D eigenvalue weighted by Crippen LogP contribution is 2.34. The second-order valence-corrected chi connectivity index (χ2v) is 5.78. The summed E-state index contributed by atoms with van der Waals surface area (Å²) in [5, 5.41) is 27.9. The van der Waals surface area contributed by atoms with Crippen LogP contribution in [0.25, 0.3) is 6.08 Å². The molecule has 0 bridgehead atoms. The third-order valence-electron chi connectivity index (χ3n) is 2.81. The van der Waals surface area contributed by atoms with E-state index >= 15 is 0 Å². The summed E-state index contributed by atoms with van der Waals surface area (Å²) in [6, 6.07) is 2.80. The molecule has 0 unspecified atom stereocenters. The quantitative estimate of drug-likeness (QED) is 0.604. The van der Waals surface area contributed by atoms with Crippen molar-refractivity contribution in [3.63, 3.8) is 0 Å². The van der Waals surface area contributed by atoms with E-state index in [-0.39, 0.29) is 15.7 Å². The molecule has 0 spiro atoms. The minimum atomic E-state index is -1.14. The van der Waals surface area contributed by atoms with E-state index in [1.807, 2.05) is 6.92 Å². The highest BCUT2D eigenvalue weighted by Gasteiger charge is 2.14. The van der Waals surface area contributed by atoms with E-state index in [0.29, 0.717) is 23.0 Å². The number of methoxy groups -OCH3 is 1. The summed E-state index contributed by atoms with van der Waals surface area (Å²) in [4.78, 5) is 15.5. The van der Waals surface area contributed by atoms with Gasteiger partial charge in [0.15, 0.2) is 0 Å². The number of hydrogen-bond donors (Lipinski definition) is 2. The molecule has 2 aromatic rings. The van der Waals surface area contributed by atoms with Gasteiger partial charge in [-0.05, 0) is 41.3 Å². The maximum atomic E-state index is 11.7. The Morgan fingerprint density at radius 3 is 2.87 bits per heavy atom. The van der Waals surface area contributed by atoms with E-state index in [4.69, 9.17) is 16.3 Å². The molecule has 1 aromatic heterocycles. The van der Waals surface area contributed by atoms with Crippen LogP contribution in [0.5, 0.6) is 11.5 Å². The first kappa shape index (κ1) is 17.2. The molecule has 2 N–H and O–H groups in total. The molecule has 0 saturated carbocycles. The largest absolute Gasteiger partial charge is 0.869 e. The Hall–Kier alpha value is -2.19. The van der Waals surface area contributed by atoms with Crippen molar-refractivity contribution in [3.05, 3.63) is 33.4 Å².